The second kappa shape index (κ2) is 10.6. The molecule has 1 saturated heterocycles. The number of benzene rings is 1. The van der Waals surface area contributed by atoms with Gasteiger partial charge in [0.05, 0.1) is 5.56 Å². The number of carbonyl (C=O) groups is 3. The molecule has 2 aromatic heterocycles. The Morgan fingerprint density at radius 3 is 2.21 bits per heavy atom. The Bertz CT molecular complexity index is 1150. The molecule has 9 heteroatoms. The highest BCUT2D eigenvalue weighted by molar-refractivity contribution is 6.38. The van der Waals surface area contributed by atoms with Gasteiger partial charge in [0.15, 0.2) is 0 Å². The number of nitrogens with two attached hydrogens (primary N) is 1. The lowest BCUT2D eigenvalue weighted by Gasteiger charge is -2.36. The van der Waals surface area contributed by atoms with E-state index in [1.54, 1.807) is 24.5 Å². The van der Waals surface area contributed by atoms with Crippen molar-refractivity contribution in [2.24, 2.45) is 5.73 Å². The van der Waals surface area contributed by atoms with E-state index in [2.05, 4.69) is 20.2 Å². The van der Waals surface area contributed by atoms with Crippen LogP contribution in [0.5, 0.6) is 0 Å². The van der Waals surface area contributed by atoms with Crippen molar-refractivity contribution in [3.63, 3.8) is 0 Å². The van der Waals surface area contributed by atoms with Crippen molar-refractivity contribution in [2.75, 3.05) is 36.0 Å². The van der Waals surface area contributed by atoms with E-state index in [-0.39, 0.29) is 6.42 Å². The first kappa shape index (κ1) is 22.9. The highest BCUT2D eigenvalue weighted by Crippen LogP contribution is 2.21. The molecule has 0 aliphatic carbocycles. The summed E-state index contributed by atoms with van der Waals surface area (Å²) in [6, 6.07) is 17.2. The van der Waals surface area contributed by atoms with Gasteiger partial charge in [-0.15, -0.1) is 0 Å². The van der Waals surface area contributed by atoms with Gasteiger partial charge in [-0.2, -0.15) is 0 Å². The van der Waals surface area contributed by atoms with Gasteiger partial charge in [0.1, 0.15) is 17.7 Å². The molecule has 0 bridgehead atoms. The monoisotopic (exact) mass is 458 g/mol. The van der Waals surface area contributed by atoms with Crippen LogP contribution in [0, 0.1) is 0 Å². The maximum atomic E-state index is 13.2. The Hall–Kier alpha value is -4.27. The molecule has 4 rings (SSSR count). The van der Waals surface area contributed by atoms with E-state index < -0.39 is 23.6 Å². The second-order valence-corrected chi connectivity index (χ2v) is 7.98. The van der Waals surface area contributed by atoms with Crippen molar-refractivity contribution in [1.29, 1.82) is 0 Å². The lowest BCUT2D eigenvalue weighted by Crippen LogP contribution is -2.49. The molecule has 2 amide bonds. The molecule has 1 aliphatic heterocycles. The number of primary amides is 1. The molecule has 1 aliphatic rings. The van der Waals surface area contributed by atoms with Crippen LogP contribution in [0.1, 0.15) is 15.9 Å². The summed E-state index contributed by atoms with van der Waals surface area (Å²) in [5.74, 6) is -0.962. The van der Waals surface area contributed by atoms with E-state index >= 15 is 0 Å². The van der Waals surface area contributed by atoms with Crippen LogP contribution in [0.2, 0.25) is 0 Å². The molecule has 3 heterocycles. The maximum absolute atomic E-state index is 13.2. The van der Waals surface area contributed by atoms with Crippen LogP contribution in [-0.2, 0) is 16.0 Å². The fourth-order valence-corrected chi connectivity index (χ4v) is 3.98. The van der Waals surface area contributed by atoms with E-state index in [0.717, 1.165) is 24.5 Å². The molecule has 1 atom stereocenters. The zero-order valence-electron chi connectivity index (χ0n) is 18.6. The lowest BCUT2D eigenvalue weighted by atomic mass is 10.0. The first-order chi connectivity index (χ1) is 16.5. The average Bonchev–Trinajstić information content (AvgIpc) is 2.89. The van der Waals surface area contributed by atoms with Crippen LogP contribution in [0.4, 0.5) is 11.6 Å². The number of rotatable bonds is 8. The summed E-state index contributed by atoms with van der Waals surface area (Å²) < 4.78 is 0. The van der Waals surface area contributed by atoms with Gasteiger partial charge in [-0.25, -0.2) is 9.97 Å². The van der Waals surface area contributed by atoms with Crippen LogP contribution in [0.15, 0.2) is 73.1 Å². The van der Waals surface area contributed by atoms with E-state index in [1.165, 1.54) is 0 Å². The fraction of sp³-hybridized carbons (Fsp3) is 0.240. The number of anilines is 2. The summed E-state index contributed by atoms with van der Waals surface area (Å²) in [7, 11) is 0. The highest BCUT2D eigenvalue weighted by Gasteiger charge is 2.28. The maximum Gasteiger partial charge on any atom is 0.287 e. The number of carbonyl (C=O) groups excluding carboxylic acids is 3. The van der Waals surface area contributed by atoms with E-state index in [4.69, 9.17) is 5.73 Å². The Labute approximate surface area is 197 Å². The van der Waals surface area contributed by atoms with Gasteiger partial charge in [0.25, 0.3) is 11.8 Å². The van der Waals surface area contributed by atoms with E-state index in [1.807, 2.05) is 53.4 Å². The minimum Gasteiger partial charge on any atom is -0.363 e. The Balaban J connectivity index is 1.49. The zero-order chi connectivity index (χ0) is 23.9. The number of piperazine rings is 1. The molecule has 3 aromatic rings. The summed E-state index contributed by atoms with van der Waals surface area (Å²) >= 11 is 0. The highest BCUT2D eigenvalue weighted by atomic mass is 16.2. The number of pyridine rings is 2. The van der Waals surface area contributed by atoms with Crippen molar-refractivity contribution >= 4 is 29.2 Å². The molecule has 0 spiro atoms. The van der Waals surface area contributed by atoms with Crippen LogP contribution >= 0.6 is 0 Å². The van der Waals surface area contributed by atoms with Gasteiger partial charge >= 0.3 is 0 Å². The first-order valence-electron chi connectivity index (χ1n) is 11.1. The molecule has 1 unspecified atom stereocenters. The number of Topliss-reactive ketones (excluding diaryl/α,β-unsaturated/α-hetero) is 1. The summed E-state index contributed by atoms with van der Waals surface area (Å²) in [6.07, 6.45) is 3.56. The second-order valence-electron chi connectivity index (χ2n) is 7.98. The summed E-state index contributed by atoms with van der Waals surface area (Å²) in [5.41, 5.74) is 6.38. The minimum absolute atomic E-state index is 0.159. The standard InChI is InChI=1S/C25H26N6O3/c26-23(33)22(32)20(17-18-7-2-1-3-8-18)29-25(34)19-9-6-12-28-24(19)31-15-13-30(14-16-31)21-10-4-5-11-27-21/h1-12,20H,13-17H2,(H2,26,33)(H,29,34). The van der Waals surface area contributed by atoms with Gasteiger partial charge in [-0.1, -0.05) is 36.4 Å². The van der Waals surface area contributed by atoms with Crippen LogP contribution < -0.4 is 20.9 Å². The predicted octanol–water partition coefficient (Wildman–Crippen LogP) is 1.20. The van der Waals surface area contributed by atoms with Gasteiger partial charge in [0, 0.05) is 45.0 Å². The molecular weight excluding hydrogens is 432 g/mol. The SMILES string of the molecule is NC(=O)C(=O)C(Cc1ccccc1)NC(=O)c1cccnc1N1CCN(c2ccccn2)CC1. The molecule has 0 saturated carbocycles. The average molecular weight is 459 g/mol. The van der Waals surface area contributed by atoms with Crippen LogP contribution in [0.25, 0.3) is 0 Å². The minimum atomic E-state index is -1.08. The number of nitrogens with zero attached hydrogens (tertiary/aromatic N) is 4. The third-order valence-electron chi connectivity index (χ3n) is 5.73. The van der Waals surface area contributed by atoms with Gasteiger partial charge in [-0.3, -0.25) is 14.4 Å². The summed E-state index contributed by atoms with van der Waals surface area (Å²) in [5, 5.41) is 2.70. The van der Waals surface area contributed by atoms with E-state index in [9.17, 15) is 14.4 Å². The molecule has 9 nitrogen and oxygen atoms in total. The molecule has 1 aromatic carbocycles. The molecule has 1 fully saturated rings. The van der Waals surface area contributed by atoms with Gasteiger partial charge in [0.2, 0.25) is 5.78 Å². The summed E-state index contributed by atoms with van der Waals surface area (Å²) in [6.45, 7) is 2.76. The van der Waals surface area contributed by atoms with Gasteiger partial charge < -0.3 is 20.9 Å². The molecule has 174 valence electrons. The van der Waals surface area contributed by atoms with Crippen molar-refractivity contribution in [3.05, 3.63) is 84.2 Å². The predicted molar refractivity (Wildman–Crippen MR) is 129 cm³/mol. The Kier molecular flexibility index (Phi) is 7.12. The normalized spacial score (nSPS) is 14.4. The number of hydrogen-bond acceptors (Lipinski definition) is 7. The molecule has 0 radical (unpaired) electrons. The third-order valence-corrected chi connectivity index (χ3v) is 5.73. The van der Waals surface area contributed by atoms with Gasteiger partial charge in [-0.05, 0) is 29.8 Å². The topological polar surface area (TPSA) is 122 Å². The summed E-state index contributed by atoms with van der Waals surface area (Å²) in [4.78, 5) is 50.3. The number of amides is 2. The number of nitrogens with one attached hydrogen (secondary N) is 1. The number of hydrogen-bond donors (Lipinski definition) is 2. The van der Waals surface area contributed by atoms with Crippen molar-refractivity contribution in [2.45, 2.75) is 12.5 Å². The Morgan fingerprint density at radius 2 is 1.53 bits per heavy atom. The van der Waals surface area contributed by atoms with Crippen molar-refractivity contribution in [1.82, 2.24) is 15.3 Å². The molecule has 3 N–H and O–H groups in total. The van der Waals surface area contributed by atoms with Crippen LogP contribution in [0.3, 0.4) is 0 Å². The van der Waals surface area contributed by atoms with Crippen molar-refractivity contribution < 1.29 is 14.4 Å². The van der Waals surface area contributed by atoms with Crippen LogP contribution in [-0.4, -0.2) is 59.8 Å². The fourth-order valence-electron chi connectivity index (χ4n) is 3.98. The number of ketones is 1. The molecule has 34 heavy (non-hydrogen) atoms. The zero-order valence-corrected chi connectivity index (χ0v) is 18.6. The lowest BCUT2D eigenvalue weighted by molar-refractivity contribution is -0.137. The largest absolute Gasteiger partial charge is 0.363 e. The van der Waals surface area contributed by atoms with Crippen molar-refractivity contribution in [3.8, 4) is 0 Å². The first-order valence-corrected chi connectivity index (χ1v) is 11.1. The Morgan fingerprint density at radius 1 is 0.853 bits per heavy atom. The quantitative estimate of drug-likeness (QED) is 0.487. The smallest absolute Gasteiger partial charge is 0.287 e. The number of aromatic nitrogens is 2. The third kappa shape index (κ3) is 5.37. The van der Waals surface area contributed by atoms with E-state index in [0.29, 0.717) is 24.5 Å². The molecular formula is C25H26N6O3.